The number of furan rings is 2. The smallest absolute Gasteiger partial charge is 0.161 e. The van der Waals surface area contributed by atoms with Gasteiger partial charge in [-0.3, -0.25) is 0 Å². The zero-order valence-corrected chi connectivity index (χ0v) is 29.0. The lowest BCUT2D eigenvalue weighted by molar-refractivity contribution is 0.668. The Bertz CT molecular complexity index is 3210. The highest BCUT2D eigenvalue weighted by atomic mass is 16.3. The summed E-state index contributed by atoms with van der Waals surface area (Å²) in [5.41, 5.74) is 14.1. The summed E-state index contributed by atoms with van der Waals surface area (Å²) >= 11 is 0. The first-order valence-electron chi connectivity index (χ1n) is 18.1. The average Bonchev–Trinajstić information content (AvgIpc) is 3.81. The van der Waals surface area contributed by atoms with Gasteiger partial charge in [-0.1, -0.05) is 133 Å². The quantitative estimate of drug-likeness (QED) is 0.180. The predicted molar refractivity (Wildman–Crippen MR) is 221 cm³/mol. The van der Waals surface area contributed by atoms with Crippen LogP contribution in [0.25, 0.3) is 111 Å². The van der Waals surface area contributed by atoms with E-state index in [-0.39, 0.29) is 0 Å². The molecule has 3 aromatic heterocycles. The van der Waals surface area contributed by atoms with E-state index in [0.717, 1.165) is 93.9 Å². The first kappa shape index (κ1) is 30.3. The molecule has 0 bridgehead atoms. The molecule has 0 atom stereocenters. The Morgan fingerprint density at radius 1 is 0.315 bits per heavy atom. The minimum Gasteiger partial charge on any atom is -0.456 e. The Morgan fingerprint density at radius 3 is 1.67 bits per heavy atom. The van der Waals surface area contributed by atoms with Gasteiger partial charge in [0, 0.05) is 38.1 Å². The molecular weight excluding hydrogens is 661 g/mol. The van der Waals surface area contributed by atoms with Crippen molar-refractivity contribution in [2.24, 2.45) is 0 Å². The van der Waals surface area contributed by atoms with E-state index in [2.05, 4.69) is 140 Å². The van der Waals surface area contributed by atoms with Crippen LogP contribution in [0.15, 0.2) is 191 Å². The average molecular weight is 691 g/mol. The summed E-state index contributed by atoms with van der Waals surface area (Å²) < 4.78 is 12.6. The molecular formula is C50H30N2O2. The van der Waals surface area contributed by atoms with Crippen molar-refractivity contribution in [3.63, 3.8) is 0 Å². The van der Waals surface area contributed by atoms with Crippen molar-refractivity contribution in [3.05, 3.63) is 182 Å². The minimum atomic E-state index is 0.665. The molecule has 0 radical (unpaired) electrons. The molecule has 252 valence electrons. The standard InChI is InChI=1S/C50H30N2O2/c1-2-10-31(11-3-1)32-20-22-33(23-21-32)49-39-15-4-6-17-43(39)51-50(52-49)40-16-9-19-47-48(40)42-30-37(25-27-46(42)54-47)35-13-8-12-34(28-35)36-24-26-45-41(29-36)38-14-5-7-18-44(38)53-45/h1-30H. The maximum Gasteiger partial charge on any atom is 0.161 e. The van der Waals surface area contributed by atoms with Crippen LogP contribution in [0.2, 0.25) is 0 Å². The Kier molecular flexibility index (Phi) is 6.82. The third kappa shape index (κ3) is 5.00. The Labute approximate surface area is 310 Å². The highest BCUT2D eigenvalue weighted by Gasteiger charge is 2.18. The van der Waals surface area contributed by atoms with Crippen LogP contribution in [0.5, 0.6) is 0 Å². The largest absolute Gasteiger partial charge is 0.456 e. The van der Waals surface area contributed by atoms with Crippen molar-refractivity contribution in [2.45, 2.75) is 0 Å². The molecule has 0 N–H and O–H groups in total. The van der Waals surface area contributed by atoms with Gasteiger partial charge in [0.25, 0.3) is 0 Å². The molecule has 4 nitrogen and oxygen atoms in total. The summed E-state index contributed by atoms with van der Waals surface area (Å²) in [5.74, 6) is 0.665. The fraction of sp³-hybridized carbons (Fsp3) is 0. The number of rotatable bonds is 5. The van der Waals surface area contributed by atoms with Gasteiger partial charge in [-0.15, -0.1) is 0 Å². The lowest BCUT2D eigenvalue weighted by Crippen LogP contribution is -1.95. The Balaban J connectivity index is 1.03. The maximum absolute atomic E-state index is 6.46. The van der Waals surface area contributed by atoms with Crippen LogP contribution < -0.4 is 0 Å². The summed E-state index contributed by atoms with van der Waals surface area (Å²) in [6.07, 6.45) is 0. The lowest BCUT2D eigenvalue weighted by atomic mass is 9.96. The number of nitrogens with zero attached hydrogens (tertiary/aromatic N) is 2. The fourth-order valence-electron chi connectivity index (χ4n) is 7.84. The van der Waals surface area contributed by atoms with Gasteiger partial charge in [0.05, 0.1) is 11.2 Å². The van der Waals surface area contributed by atoms with Gasteiger partial charge in [-0.2, -0.15) is 0 Å². The monoisotopic (exact) mass is 690 g/mol. The third-order valence-corrected chi connectivity index (χ3v) is 10.5. The minimum absolute atomic E-state index is 0.665. The van der Waals surface area contributed by atoms with E-state index >= 15 is 0 Å². The summed E-state index contributed by atoms with van der Waals surface area (Å²) in [6.45, 7) is 0. The van der Waals surface area contributed by atoms with Crippen LogP contribution in [0.3, 0.4) is 0 Å². The predicted octanol–water partition coefficient (Wildman–Crippen LogP) is 13.8. The number of aromatic nitrogens is 2. The molecule has 11 aromatic rings. The fourth-order valence-corrected chi connectivity index (χ4v) is 7.84. The van der Waals surface area contributed by atoms with Gasteiger partial charge >= 0.3 is 0 Å². The highest BCUT2D eigenvalue weighted by molar-refractivity contribution is 6.13. The molecule has 0 unspecified atom stereocenters. The normalized spacial score (nSPS) is 11.7. The van der Waals surface area contributed by atoms with Gasteiger partial charge < -0.3 is 8.83 Å². The number of hydrogen-bond donors (Lipinski definition) is 0. The van der Waals surface area contributed by atoms with Gasteiger partial charge in [-0.05, 0) is 81.9 Å². The first-order valence-corrected chi connectivity index (χ1v) is 18.1. The molecule has 0 aliphatic carbocycles. The van der Waals surface area contributed by atoms with E-state index in [1.807, 2.05) is 42.5 Å². The first-order chi connectivity index (χ1) is 26.7. The van der Waals surface area contributed by atoms with Crippen molar-refractivity contribution in [2.75, 3.05) is 0 Å². The second kappa shape index (κ2) is 12.1. The molecule has 0 saturated carbocycles. The second-order valence-corrected chi connectivity index (χ2v) is 13.7. The van der Waals surface area contributed by atoms with Crippen molar-refractivity contribution in [3.8, 4) is 56.0 Å². The summed E-state index contributed by atoms with van der Waals surface area (Å²) in [6, 6.07) is 63.3. The van der Waals surface area contributed by atoms with Crippen LogP contribution in [0.4, 0.5) is 0 Å². The summed E-state index contributed by atoms with van der Waals surface area (Å²) in [5, 5.41) is 5.29. The molecule has 4 heteroatoms. The van der Waals surface area contributed by atoms with Crippen LogP contribution in [0.1, 0.15) is 0 Å². The van der Waals surface area contributed by atoms with Crippen LogP contribution in [0, 0.1) is 0 Å². The van der Waals surface area contributed by atoms with E-state index < -0.39 is 0 Å². The van der Waals surface area contributed by atoms with Gasteiger partial charge in [0.1, 0.15) is 22.3 Å². The van der Waals surface area contributed by atoms with Crippen molar-refractivity contribution in [1.29, 1.82) is 0 Å². The zero-order chi connectivity index (χ0) is 35.6. The van der Waals surface area contributed by atoms with E-state index in [0.29, 0.717) is 5.82 Å². The Morgan fingerprint density at radius 2 is 0.852 bits per heavy atom. The van der Waals surface area contributed by atoms with Gasteiger partial charge in [-0.25, -0.2) is 9.97 Å². The number of hydrogen-bond acceptors (Lipinski definition) is 4. The van der Waals surface area contributed by atoms with Crippen molar-refractivity contribution < 1.29 is 8.83 Å². The number of fused-ring (bicyclic) bond motifs is 7. The molecule has 0 aliphatic heterocycles. The van der Waals surface area contributed by atoms with Crippen molar-refractivity contribution in [1.82, 2.24) is 9.97 Å². The van der Waals surface area contributed by atoms with Crippen LogP contribution in [-0.4, -0.2) is 9.97 Å². The van der Waals surface area contributed by atoms with Crippen molar-refractivity contribution >= 4 is 54.8 Å². The zero-order valence-electron chi connectivity index (χ0n) is 29.0. The summed E-state index contributed by atoms with van der Waals surface area (Å²) in [4.78, 5) is 10.4. The summed E-state index contributed by atoms with van der Waals surface area (Å²) in [7, 11) is 0. The topological polar surface area (TPSA) is 52.1 Å². The molecule has 0 aliphatic rings. The third-order valence-electron chi connectivity index (χ3n) is 10.5. The second-order valence-electron chi connectivity index (χ2n) is 13.7. The maximum atomic E-state index is 6.46. The van der Waals surface area contributed by atoms with Crippen LogP contribution >= 0.6 is 0 Å². The van der Waals surface area contributed by atoms with Gasteiger partial charge in [0.2, 0.25) is 0 Å². The SMILES string of the molecule is c1ccc(-c2ccc(-c3nc(-c4cccc5oc6ccc(-c7cccc(-c8ccc9oc%10ccccc%10c9c8)c7)cc6c45)nc4ccccc34)cc2)cc1. The number of benzene rings is 8. The number of para-hydroxylation sites is 2. The lowest BCUT2D eigenvalue weighted by Gasteiger charge is -2.11. The molecule has 54 heavy (non-hydrogen) atoms. The van der Waals surface area contributed by atoms with E-state index in [1.54, 1.807) is 0 Å². The Hall–Kier alpha value is -7.30. The highest BCUT2D eigenvalue weighted by Crippen LogP contribution is 2.40. The molecule has 0 amide bonds. The molecule has 0 spiro atoms. The van der Waals surface area contributed by atoms with Crippen LogP contribution in [-0.2, 0) is 0 Å². The molecule has 0 fully saturated rings. The van der Waals surface area contributed by atoms with Gasteiger partial charge in [0.15, 0.2) is 5.82 Å². The molecule has 8 aromatic carbocycles. The molecule has 11 rings (SSSR count). The molecule has 0 saturated heterocycles. The molecule has 3 heterocycles. The van der Waals surface area contributed by atoms with E-state index in [9.17, 15) is 0 Å². The van der Waals surface area contributed by atoms with E-state index in [4.69, 9.17) is 18.8 Å². The van der Waals surface area contributed by atoms with E-state index in [1.165, 1.54) is 11.1 Å².